The number of anilines is 1. The summed E-state index contributed by atoms with van der Waals surface area (Å²) in [4.78, 5) is 18.4. The lowest BCUT2D eigenvalue weighted by Crippen LogP contribution is -2.28. The lowest BCUT2D eigenvalue weighted by Gasteiger charge is -2.17. The van der Waals surface area contributed by atoms with Crippen LogP contribution in [0, 0.1) is 0 Å². The van der Waals surface area contributed by atoms with Crippen LogP contribution in [0.2, 0.25) is 0 Å². The van der Waals surface area contributed by atoms with Crippen molar-refractivity contribution < 1.29 is 9.53 Å². The molecule has 0 aliphatic carbocycles. The van der Waals surface area contributed by atoms with E-state index in [0.29, 0.717) is 18.7 Å². The number of hydrogen-bond donors (Lipinski definition) is 1. The van der Waals surface area contributed by atoms with Crippen LogP contribution < -0.4 is 5.32 Å². The van der Waals surface area contributed by atoms with Crippen molar-refractivity contribution in [2.75, 3.05) is 39.7 Å². The lowest BCUT2D eigenvalue weighted by molar-refractivity contribution is 0.0779. The first-order valence-corrected chi connectivity index (χ1v) is 6.55. The van der Waals surface area contributed by atoms with Gasteiger partial charge in [-0.15, -0.1) is 0 Å². The summed E-state index contributed by atoms with van der Waals surface area (Å²) in [5.41, 5.74) is 1.59. The molecule has 0 saturated carbocycles. The molecule has 0 fully saturated rings. The van der Waals surface area contributed by atoms with E-state index in [1.807, 2.05) is 20.0 Å². The largest absolute Gasteiger partial charge is 0.385 e. The first kappa shape index (κ1) is 15.4. The van der Waals surface area contributed by atoms with Crippen molar-refractivity contribution in [2.24, 2.45) is 0 Å². The molecule has 0 radical (unpaired) electrons. The van der Waals surface area contributed by atoms with Crippen LogP contribution in [0.25, 0.3) is 0 Å². The van der Waals surface area contributed by atoms with Crippen molar-refractivity contribution in [1.29, 1.82) is 0 Å². The van der Waals surface area contributed by atoms with Crippen molar-refractivity contribution in [1.82, 2.24) is 9.88 Å². The number of carbonyl (C=O) groups excluding carboxylic acids is 1. The Morgan fingerprint density at radius 1 is 1.47 bits per heavy atom. The Balaban J connectivity index is 2.80. The molecule has 1 heterocycles. The molecule has 0 spiro atoms. The van der Waals surface area contributed by atoms with E-state index >= 15 is 0 Å². The molecule has 0 saturated heterocycles. The summed E-state index contributed by atoms with van der Waals surface area (Å²) in [6.45, 7) is 3.37. The van der Waals surface area contributed by atoms with Gasteiger partial charge in [0.05, 0.1) is 0 Å². The highest BCUT2D eigenvalue weighted by Gasteiger charge is 2.13. The van der Waals surface area contributed by atoms with Crippen molar-refractivity contribution in [2.45, 2.75) is 19.8 Å². The molecular formula is C14H23N3O2. The summed E-state index contributed by atoms with van der Waals surface area (Å²) in [5, 5.41) is 2.99. The van der Waals surface area contributed by atoms with Gasteiger partial charge in [-0.05, 0) is 25.0 Å². The number of amides is 1. The zero-order valence-electron chi connectivity index (χ0n) is 12.2. The van der Waals surface area contributed by atoms with E-state index in [2.05, 4.69) is 10.3 Å². The normalized spacial score (nSPS) is 10.3. The standard InChI is InChI=1S/C14H23N3O2/c1-5-12-9-11(10-13(15-2)16-12)14(18)17(3)7-6-8-19-4/h9-10H,5-8H2,1-4H3,(H,15,16). The van der Waals surface area contributed by atoms with Gasteiger partial charge in [-0.1, -0.05) is 6.92 Å². The van der Waals surface area contributed by atoms with Crippen LogP contribution in [0.15, 0.2) is 12.1 Å². The fourth-order valence-corrected chi connectivity index (χ4v) is 1.79. The predicted molar refractivity (Wildman–Crippen MR) is 76.6 cm³/mol. The average molecular weight is 265 g/mol. The molecule has 0 aliphatic rings. The van der Waals surface area contributed by atoms with Gasteiger partial charge in [0.2, 0.25) is 0 Å². The van der Waals surface area contributed by atoms with Crippen LogP contribution >= 0.6 is 0 Å². The van der Waals surface area contributed by atoms with Crippen LogP contribution in [0.3, 0.4) is 0 Å². The molecular weight excluding hydrogens is 242 g/mol. The molecule has 5 nitrogen and oxygen atoms in total. The number of hydrogen-bond acceptors (Lipinski definition) is 4. The van der Waals surface area contributed by atoms with E-state index in [1.54, 1.807) is 25.1 Å². The zero-order valence-corrected chi connectivity index (χ0v) is 12.2. The van der Waals surface area contributed by atoms with Gasteiger partial charge in [0.15, 0.2) is 0 Å². The Labute approximate surface area is 115 Å². The molecule has 1 rings (SSSR count). The second-order valence-corrected chi connectivity index (χ2v) is 4.41. The lowest BCUT2D eigenvalue weighted by atomic mass is 10.1. The van der Waals surface area contributed by atoms with Gasteiger partial charge in [0.25, 0.3) is 5.91 Å². The summed E-state index contributed by atoms with van der Waals surface area (Å²) in [5.74, 6) is 0.748. The van der Waals surface area contributed by atoms with Gasteiger partial charge in [0, 0.05) is 45.6 Å². The fraction of sp³-hybridized carbons (Fsp3) is 0.571. The molecule has 0 bridgehead atoms. The molecule has 19 heavy (non-hydrogen) atoms. The first-order valence-electron chi connectivity index (χ1n) is 6.55. The molecule has 0 atom stereocenters. The Morgan fingerprint density at radius 2 is 2.21 bits per heavy atom. The minimum atomic E-state index is 0.0182. The molecule has 1 aromatic rings. The molecule has 0 unspecified atom stereocenters. The first-order chi connectivity index (χ1) is 9.12. The number of nitrogens with zero attached hydrogens (tertiary/aromatic N) is 2. The molecule has 0 aliphatic heterocycles. The highest BCUT2D eigenvalue weighted by Crippen LogP contribution is 2.13. The highest BCUT2D eigenvalue weighted by molar-refractivity contribution is 5.94. The summed E-state index contributed by atoms with van der Waals surface area (Å²) >= 11 is 0. The Morgan fingerprint density at radius 3 is 2.79 bits per heavy atom. The second-order valence-electron chi connectivity index (χ2n) is 4.41. The third-order valence-corrected chi connectivity index (χ3v) is 2.93. The van der Waals surface area contributed by atoms with Crippen molar-refractivity contribution in [3.05, 3.63) is 23.4 Å². The van der Waals surface area contributed by atoms with Crippen LogP contribution in [0.1, 0.15) is 29.4 Å². The minimum absolute atomic E-state index is 0.0182. The molecule has 0 aromatic carbocycles. The second kappa shape index (κ2) is 7.74. The zero-order chi connectivity index (χ0) is 14.3. The van der Waals surface area contributed by atoms with Crippen LogP contribution in [0.4, 0.5) is 5.82 Å². The topological polar surface area (TPSA) is 54.5 Å². The number of ether oxygens (including phenoxy) is 1. The number of aromatic nitrogens is 1. The number of carbonyl (C=O) groups is 1. The number of rotatable bonds is 7. The van der Waals surface area contributed by atoms with Crippen molar-refractivity contribution in [3.8, 4) is 0 Å². The van der Waals surface area contributed by atoms with E-state index in [4.69, 9.17) is 4.74 Å². The van der Waals surface area contributed by atoms with Gasteiger partial charge in [0.1, 0.15) is 5.82 Å². The van der Waals surface area contributed by atoms with Gasteiger partial charge < -0.3 is 15.0 Å². The van der Waals surface area contributed by atoms with E-state index in [9.17, 15) is 4.79 Å². The molecule has 1 amide bonds. The third-order valence-electron chi connectivity index (χ3n) is 2.93. The third kappa shape index (κ3) is 4.52. The van der Waals surface area contributed by atoms with Crippen molar-refractivity contribution >= 4 is 11.7 Å². The van der Waals surface area contributed by atoms with E-state index < -0.39 is 0 Å². The number of aryl methyl sites for hydroxylation is 1. The maximum absolute atomic E-state index is 12.3. The average Bonchev–Trinajstić information content (AvgIpc) is 2.45. The minimum Gasteiger partial charge on any atom is -0.385 e. The number of methoxy groups -OCH3 is 1. The Kier molecular flexibility index (Phi) is 6.29. The maximum atomic E-state index is 12.3. The summed E-state index contributed by atoms with van der Waals surface area (Å²) in [6, 6.07) is 3.64. The molecule has 5 heteroatoms. The predicted octanol–water partition coefficient (Wildman–Crippen LogP) is 1.79. The maximum Gasteiger partial charge on any atom is 0.253 e. The SMILES string of the molecule is CCc1cc(C(=O)N(C)CCCOC)cc(NC)n1. The number of nitrogens with one attached hydrogen (secondary N) is 1. The van der Waals surface area contributed by atoms with Gasteiger partial charge >= 0.3 is 0 Å². The van der Waals surface area contributed by atoms with Crippen LogP contribution in [0.5, 0.6) is 0 Å². The Hall–Kier alpha value is -1.62. The van der Waals surface area contributed by atoms with E-state index in [-0.39, 0.29) is 5.91 Å². The van der Waals surface area contributed by atoms with Gasteiger partial charge in [-0.25, -0.2) is 4.98 Å². The molecule has 1 N–H and O–H groups in total. The van der Waals surface area contributed by atoms with Crippen LogP contribution in [-0.4, -0.2) is 50.1 Å². The van der Waals surface area contributed by atoms with Gasteiger partial charge in [-0.2, -0.15) is 0 Å². The Bertz CT molecular complexity index is 399. The highest BCUT2D eigenvalue weighted by atomic mass is 16.5. The summed E-state index contributed by atoms with van der Waals surface area (Å²) in [6.07, 6.45) is 1.65. The van der Waals surface area contributed by atoms with Crippen LogP contribution in [-0.2, 0) is 11.2 Å². The van der Waals surface area contributed by atoms with Gasteiger partial charge in [-0.3, -0.25) is 4.79 Å². The van der Waals surface area contributed by atoms with Crippen molar-refractivity contribution in [3.63, 3.8) is 0 Å². The summed E-state index contributed by atoms with van der Waals surface area (Å²) in [7, 11) is 5.28. The number of pyridine rings is 1. The fourth-order valence-electron chi connectivity index (χ4n) is 1.79. The quantitative estimate of drug-likeness (QED) is 0.764. The molecule has 106 valence electrons. The monoisotopic (exact) mass is 265 g/mol. The molecule has 1 aromatic heterocycles. The van der Waals surface area contributed by atoms with E-state index in [1.165, 1.54) is 0 Å². The summed E-state index contributed by atoms with van der Waals surface area (Å²) < 4.78 is 4.99. The smallest absolute Gasteiger partial charge is 0.253 e. The van der Waals surface area contributed by atoms with E-state index in [0.717, 1.165) is 24.4 Å².